The highest BCUT2D eigenvalue weighted by molar-refractivity contribution is 5.78. The molecule has 0 aliphatic heterocycles. The van der Waals surface area contributed by atoms with Crippen LogP contribution >= 0.6 is 0 Å². The zero-order valence-electron chi connectivity index (χ0n) is 13.8. The monoisotopic (exact) mass is 320 g/mol. The lowest BCUT2D eigenvalue weighted by molar-refractivity contribution is 1.28. The number of para-hydroxylation sites is 1. The molecule has 0 N–H and O–H groups in total. The topological polar surface area (TPSA) is 3.24 Å². The Balaban J connectivity index is 1.75. The van der Waals surface area contributed by atoms with Crippen molar-refractivity contribution in [2.24, 2.45) is 0 Å². The normalized spacial score (nSPS) is 10.4. The molecule has 1 nitrogen and oxygen atoms in total. The molecule has 0 heterocycles. The zero-order valence-corrected chi connectivity index (χ0v) is 13.8. The molecule has 4 aromatic carbocycles. The molecule has 0 aliphatic rings. The Hall–Kier alpha value is -3.32. The highest BCUT2D eigenvalue weighted by Crippen LogP contribution is 2.35. The van der Waals surface area contributed by atoms with Crippen molar-refractivity contribution >= 4 is 17.1 Å². The van der Waals surface area contributed by atoms with Crippen LogP contribution in [0.5, 0.6) is 0 Å². The van der Waals surface area contributed by atoms with Crippen molar-refractivity contribution < 1.29 is 0 Å². The van der Waals surface area contributed by atoms with Gasteiger partial charge in [0.25, 0.3) is 0 Å². The molecule has 0 atom stereocenters. The van der Waals surface area contributed by atoms with E-state index in [-0.39, 0.29) is 0 Å². The van der Waals surface area contributed by atoms with Crippen molar-refractivity contribution in [1.82, 2.24) is 0 Å². The Morgan fingerprint density at radius 1 is 0.440 bits per heavy atom. The van der Waals surface area contributed by atoms with Gasteiger partial charge in [-0.15, -0.1) is 0 Å². The second-order valence-corrected chi connectivity index (χ2v) is 5.84. The van der Waals surface area contributed by atoms with Crippen molar-refractivity contribution in [3.8, 4) is 11.1 Å². The molecule has 1 heteroatoms. The van der Waals surface area contributed by atoms with Gasteiger partial charge in [0.1, 0.15) is 0 Å². The molecule has 0 saturated carbocycles. The highest BCUT2D eigenvalue weighted by Gasteiger charge is 2.11. The summed E-state index contributed by atoms with van der Waals surface area (Å²) in [5.41, 5.74) is 5.85. The predicted octanol–water partition coefficient (Wildman–Crippen LogP) is 6.62. The molecule has 25 heavy (non-hydrogen) atoms. The summed E-state index contributed by atoms with van der Waals surface area (Å²) in [4.78, 5) is 2.25. The van der Waals surface area contributed by atoms with Crippen molar-refractivity contribution in [1.29, 1.82) is 0 Å². The van der Waals surface area contributed by atoms with Gasteiger partial charge in [0.2, 0.25) is 0 Å². The molecule has 0 saturated heterocycles. The molecule has 0 aromatic heterocycles. The summed E-state index contributed by atoms with van der Waals surface area (Å²) in [6.45, 7) is 0. The maximum Gasteiger partial charge on any atom is 0.0462 e. The van der Waals surface area contributed by atoms with E-state index in [9.17, 15) is 0 Å². The Labute approximate surface area is 148 Å². The van der Waals surface area contributed by atoms with Gasteiger partial charge in [0.05, 0.1) is 0 Å². The molecule has 0 aliphatic carbocycles. The average Bonchev–Trinajstić information content (AvgIpc) is 2.71. The van der Waals surface area contributed by atoms with Gasteiger partial charge < -0.3 is 4.90 Å². The maximum absolute atomic E-state index is 3.09. The lowest BCUT2D eigenvalue weighted by Crippen LogP contribution is -2.09. The zero-order chi connectivity index (χ0) is 16.9. The smallest absolute Gasteiger partial charge is 0.0462 e. The van der Waals surface area contributed by atoms with E-state index in [1.807, 2.05) is 24.3 Å². The van der Waals surface area contributed by atoms with E-state index in [2.05, 4.69) is 95.9 Å². The minimum absolute atomic E-state index is 1.12. The van der Waals surface area contributed by atoms with Gasteiger partial charge in [0.15, 0.2) is 0 Å². The summed E-state index contributed by atoms with van der Waals surface area (Å²) in [5.74, 6) is 0. The van der Waals surface area contributed by atoms with Gasteiger partial charge in [-0.3, -0.25) is 0 Å². The summed E-state index contributed by atoms with van der Waals surface area (Å²) < 4.78 is 0. The number of hydrogen-bond acceptors (Lipinski definition) is 1. The third kappa shape index (κ3) is 3.31. The lowest BCUT2D eigenvalue weighted by Gasteiger charge is -2.25. The molecular weight excluding hydrogens is 302 g/mol. The number of rotatable bonds is 4. The first-order valence-corrected chi connectivity index (χ1v) is 8.38. The minimum Gasteiger partial charge on any atom is -0.311 e. The highest BCUT2D eigenvalue weighted by atomic mass is 15.1. The van der Waals surface area contributed by atoms with E-state index in [0.29, 0.717) is 0 Å². The standard InChI is InChI=1S/C24H18N/c1-4-10-20(11-5-1)21-16-18-24(19-17-21)25(22-12-6-2-7-13-22)23-14-8-3-9-15-23/h1-2,4-19H. The Morgan fingerprint density at radius 3 is 1.56 bits per heavy atom. The molecular formula is C24H18N. The number of benzene rings is 4. The summed E-state index contributed by atoms with van der Waals surface area (Å²) in [6.07, 6.45) is 0. The fourth-order valence-electron chi connectivity index (χ4n) is 2.99. The summed E-state index contributed by atoms with van der Waals surface area (Å²) in [7, 11) is 0. The molecule has 0 fully saturated rings. The van der Waals surface area contributed by atoms with Gasteiger partial charge in [-0.2, -0.15) is 0 Å². The number of hydrogen-bond donors (Lipinski definition) is 0. The van der Waals surface area contributed by atoms with Gasteiger partial charge in [-0.05, 0) is 53.6 Å². The fraction of sp³-hybridized carbons (Fsp3) is 0. The second-order valence-electron chi connectivity index (χ2n) is 5.84. The third-order valence-electron chi connectivity index (χ3n) is 4.21. The van der Waals surface area contributed by atoms with Crippen LogP contribution in [-0.2, 0) is 0 Å². The SMILES string of the molecule is [c]1ccc(N(c2ccccc2)c2ccc(-c3ccccc3)cc2)cc1. The molecule has 0 spiro atoms. The van der Waals surface area contributed by atoms with Crippen LogP contribution in [0, 0.1) is 6.07 Å². The van der Waals surface area contributed by atoms with E-state index in [1.165, 1.54) is 11.1 Å². The molecule has 0 amide bonds. The fourth-order valence-corrected chi connectivity index (χ4v) is 2.99. The van der Waals surface area contributed by atoms with Crippen molar-refractivity contribution in [3.05, 3.63) is 115 Å². The quantitative estimate of drug-likeness (QED) is 0.408. The summed E-state index contributed by atoms with van der Waals surface area (Å²) >= 11 is 0. The van der Waals surface area contributed by atoms with Crippen molar-refractivity contribution in [3.63, 3.8) is 0 Å². The van der Waals surface area contributed by atoms with E-state index in [4.69, 9.17) is 0 Å². The van der Waals surface area contributed by atoms with E-state index >= 15 is 0 Å². The maximum atomic E-state index is 3.09. The number of nitrogens with zero attached hydrogens (tertiary/aromatic N) is 1. The largest absolute Gasteiger partial charge is 0.311 e. The first-order chi connectivity index (χ1) is 12.4. The molecule has 1 radical (unpaired) electrons. The average molecular weight is 320 g/mol. The Morgan fingerprint density at radius 2 is 0.920 bits per heavy atom. The first kappa shape index (κ1) is 15.2. The molecule has 0 unspecified atom stereocenters. The molecule has 4 aromatic rings. The molecule has 119 valence electrons. The minimum atomic E-state index is 1.12. The predicted molar refractivity (Wildman–Crippen MR) is 105 cm³/mol. The van der Waals surface area contributed by atoms with Crippen LogP contribution in [0.4, 0.5) is 17.1 Å². The van der Waals surface area contributed by atoms with Gasteiger partial charge in [0, 0.05) is 17.1 Å². The van der Waals surface area contributed by atoms with Crippen LogP contribution in [0.1, 0.15) is 0 Å². The molecule has 0 bridgehead atoms. The van der Waals surface area contributed by atoms with E-state index in [1.54, 1.807) is 0 Å². The van der Waals surface area contributed by atoms with Gasteiger partial charge in [-0.25, -0.2) is 0 Å². The van der Waals surface area contributed by atoms with Crippen LogP contribution in [-0.4, -0.2) is 0 Å². The Bertz CT molecular complexity index is 874. The van der Waals surface area contributed by atoms with Gasteiger partial charge in [-0.1, -0.05) is 72.8 Å². The van der Waals surface area contributed by atoms with E-state index in [0.717, 1.165) is 17.1 Å². The third-order valence-corrected chi connectivity index (χ3v) is 4.21. The van der Waals surface area contributed by atoms with Crippen LogP contribution in [0.25, 0.3) is 11.1 Å². The van der Waals surface area contributed by atoms with Crippen LogP contribution in [0.15, 0.2) is 109 Å². The lowest BCUT2D eigenvalue weighted by atomic mass is 10.0. The number of anilines is 3. The summed E-state index contributed by atoms with van der Waals surface area (Å²) in [5, 5.41) is 0. The van der Waals surface area contributed by atoms with Gasteiger partial charge >= 0.3 is 0 Å². The van der Waals surface area contributed by atoms with Crippen LogP contribution in [0.2, 0.25) is 0 Å². The molecule has 4 rings (SSSR count). The second kappa shape index (κ2) is 7.06. The van der Waals surface area contributed by atoms with Crippen LogP contribution < -0.4 is 4.90 Å². The van der Waals surface area contributed by atoms with E-state index < -0.39 is 0 Å². The first-order valence-electron chi connectivity index (χ1n) is 8.38. The van der Waals surface area contributed by atoms with Crippen LogP contribution in [0.3, 0.4) is 0 Å². The Kier molecular flexibility index (Phi) is 4.30. The van der Waals surface area contributed by atoms with Crippen molar-refractivity contribution in [2.75, 3.05) is 4.90 Å². The van der Waals surface area contributed by atoms with Crippen molar-refractivity contribution in [2.45, 2.75) is 0 Å². The summed E-state index contributed by atoms with van der Waals surface area (Å²) in [6, 6.07) is 40.7.